The number of fused-ring (bicyclic) bond motifs is 2. The zero-order chi connectivity index (χ0) is 24.2. The van der Waals surface area contributed by atoms with Gasteiger partial charge in [0.05, 0.1) is 6.61 Å². The molecule has 8 nitrogen and oxygen atoms in total. The van der Waals surface area contributed by atoms with Crippen molar-refractivity contribution in [3.05, 3.63) is 29.3 Å². The minimum absolute atomic E-state index is 0.194. The van der Waals surface area contributed by atoms with Gasteiger partial charge in [-0.25, -0.2) is 4.79 Å². The van der Waals surface area contributed by atoms with Crippen molar-refractivity contribution in [2.45, 2.75) is 51.2 Å². The Morgan fingerprint density at radius 1 is 1.27 bits per heavy atom. The van der Waals surface area contributed by atoms with Crippen LogP contribution in [0, 0.1) is 23.7 Å². The van der Waals surface area contributed by atoms with Crippen LogP contribution < -0.4 is 10.1 Å². The summed E-state index contributed by atoms with van der Waals surface area (Å²) in [6, 6.07) is 6.00. The first-order valence-corrected chi connectivity index (χ1v) is 11.8. The van der Waals surface area contributed by atoms with Crippen molar-refractivity contribution in [3.63, 3.8) is 0 Å². The number of carbonyl (C=O) groups is 2. The van der Waals surface area contributed by atoms with Crippen LogP contribution in [0.1, 0.15) is 43.2 Å². The Balaban J connectivity index is 0.000000362. The summed E-state index contributed by atoms with van der Waals surface area (Å²) in [5, 5.41) is 28.5. The van der Waals surface area contributed by atoms with Gasteiger partial charge in [0.2, 0.25) is 0 Å². The van der Waals surface area contributed by atoms with E-state index in [1.54, 1.807) is 7.05 Å². The molecule has 0 radical (unpaired) electrons. The molecule has 0 amide bonds. The largest absolute Gasteiger partial charge is 0.482 e. The maximum Gasteiger partial charge on any atom is 0.341 e. The Morgan fingerprint density at radius 3 is 2.67 bits per heavy atom. The Labute approximate surface area is 196 Å². The molecule has 0 spiro atoms. The molecular formula is C25H39NO7. The number of hydrogen-bond donors (Lipinski definition) is 4. The first-order valence-electron chi connectivity index (χ1n) is 11.8. The van der Waals surface area contributed by atoms with E-state index in [0.29, 0.717) is 24.4 Å². The molecule has 5 atom stereocenters. The molecule has 1 heterocycles. The number of ether oxygens (including phenoxy) is 2. The van der Waals surface area contributed by atoms with Gasteiger partial charge in [0.15, 0.2) is 6.61 Å². The Morgan fingerprint density at radius 2 is 2.06 bits per heavy atom. The lowest BCUT2D eigenvalue weighted by Crippen LogP contribution is -2.28. The van der Waals surface area contributed by atoms with Gasteiger partial charge in [-0.05, 0) is 86.9 Å². The van der Waals surface area contributed by atoms with Crippen LogP contribution in [0.5, 0.6) is 5.75 Å². The van der Waals surface area contributed by atoms with E-state index < -0.39 is 12.2 Å². The zero-order valence-electron chi connectivity index (χ0n) is 19.7. The number of hydrogen-bond acceptors (Lipinski definition) is 7. The van der Waals surface area contributed by atoms with E-state index >= 15 is 0 Å². The quantitative estimate of drug-likeness (QED) is 0.340. The summed E-state index contributed by atoms with van der Waals surface area (Å²) < 4.78 is 10.4. The summed E-state index contributed by atoms with van der Waals surface area (Å²) in [5.74, 6) is 2.00. The van der Waals surface area contributed by atoms with E-state index in [2.05, 4.69) is 11.4 Å². The van der Waals surface area contributed by atoms with E-state index in [-0.39, 0.29) is 12.5 Å². The molecule has 2 fully saturated rings. The summed E-state index contributed by atoms with van der Waals surface area (Å²) in [4.78, 5) is 20.7. The van der Waals surface area contributed by atoms with Crippen LogP contribution in [-0.4, -0.2) is 67.8 Å². The smallest absolute Gasteiger partial charge is 0.341 e. The number of rotatable bonds is 8. The molecule has 0 bridgehead atoms. The van der Waals surface area contributed by atoms with Crippen molar-refractivity contribution in [1.82, 2.24) is 5.32 Å². The van der Waals surface area contributed by atoms with Crippen molar-refractivity contribution in [3.8, 4) is 5.75 Å². The number of aliphatic hydroxyl groups excluding tert-OH is 2. The number of carbonyl (C=O) groups excluding carboxylic acids is 1. The predicted octanol–water partition coefficient (Wildman–Crippen LogP) is 2.04. The van der Waals surface area contributed by atoms with Crippen LogP contribution in [0.4, 0.5) is 0 Å². The third-order valence-electron chi connectivity index (χ3n) is 6.92. The zero-order valence-corrected chi connectivity index (χ0v) is 19.7. The second kappa shape index (κ2) is 14.3. The molecule has 1 aromatic carbocycles. The molecule has 4 N–H and O–H groups in total. The number of carboxylic acid groups (broad SMARTS) is 1. The van der Waals surface area contributed by atoms with E-state index in [4.69, 9.17) is 19.7 Å². The molecular weight excluding hydrogens is 426 g/mol. The van der Waals surface area contributed by atoms with Crippen molar-refractivity contribution in [1.29, 1.82) is 0 Å². The SMILES string of the molecule is CNC(O)CCC1CCC2Cc3c(cccc3OCC(=O)O)CC12.CO.O=CC1CCOC1. The third-order valence-corrected chi connectivity index (χ3v) is 6.92. The van der Waals surface area contributed by atoms with Crippen LogP contribution in [0.2, 0.25) is 0 Å². The van der Waals surface area contributed by atoms with Crippen LogP contribution in [0.15, 0.2) is 18.2 Å². The van der Waals surface area contributed by atoms with E-state index in [9.17, 15) is 14.7 Å². The van der Waals surface area contributed by atoms with Gasteiger partial charge in [0.1, 0.15) is 18.3 Å². The highest BCUT2D eigenvalue weighted by Gasteiger charge is 2.39. The van der Waals surface area contributed by atoms with Gasteiger partial charge in [0.25, 0.3) is 0 Å². The highest BCUT2D eigenvalue weighted by atomic mass is 16.5. The number of nitrogens with one attached hydrogen (secondary N) is 1. The summed E-state index contributed by atoms with van der Waals surface area (Å²) in [7, 11) is 2.79. The molecule has 1 saturated carbocycles. The Hall–Kier alpha value is -2.00. The lowest BCUT2D eigenvalue weighted by molar-refractivity contribution is -0.139. The van der Waals surface area contributed by atoms with Gasteiger partial charge >= 0.3 is 5.97 Å². The fraction of sp³-hybridized carbons (Fsp3) is 0.680. The molecule has 4 rings (SSSR count). The molecule has 8 heteroatoms. The number of aliphatic carboxylic acids is 1. The van der Waals surface area contributed by atoms with Gasteiger partial charge in [-0.15, -0.1) is 0 Å². The van der Waals surface area contributed by atoms with Crippen molar-refractivity contribution >= 4 is 12.3 Å². The summed E-state index contributed by atoms with van der Waals surface area (Å²) in [5.41, 5.74) is 2.51. The normalized spacial score (nSPS) is 25.9. The summed E-state index contributed by atoms with van der Waals surface area (Å²) in [6.45, 7) is 1.13. The standard InChI is InChI=1S/C19H27NO4.C5H8O2.CH4O/c1-20-18(21)8-7-12-5-6-14-10-16-13(9-15(12)14)3-2-4-17(16)24-11-19(22)23;6-3-5-1-2-7-4-5;1-2/h2-4,12,14-15,18,20-21H,5-11H2,1H3,(H,22,23);3,5H,1-2,4H2;2H,1H3. The summed E-state index contributed by atoms with van der Waals surface area (Å²) >= 11 is 0. The van der Waals surface area contributed by atoms with E-state index in [1.807, 2.05) is 12.1 Å². The highest BCUT2D eigenvalue weighted by Crippen LogP contribution is 2.48. The number of benzene rings is 1. The second-order valence-electron chi connectivity index (χ2n) is 8.89. The van der Waals surface area contributed by atoms with Crippen LogP contribution in [-0.2, 0) is 27.2 Å². The molecule has 1 saturated heterocycles. The van der Waals surface area contributed by atoms with Crippen molar-refractivity contribution in [2.75, 3.05) is 34.0 Å². The molecule has 0 aromatic heterocycles. The Kier molecular flexibility index (Phi) is 11.8. The first-order chi connectivity index (χ1) is 16.0. The molecule has 33 heavy (non-hydrogen) atoms. The average Bonchev–Trinajstić information content (AvgIpc) is 3.51. The fourth-order valence-corrected chi connectivity index (χ4v) is 5.19. The third kappa shape index (κ3) is 8.07. The van der Waals surface area contributed by atoms with Gasteiger partial charge in [-0.2, -0.15) is 0 Å². The average molecular weight is 466 g/mol. The lowest BCUT2D eigenvalue weighted by atomic mass is 9.74. The van der Waals surface area contributed by atoms with Gasteiger partial charge in [-0.1, -0.05) is 12.1 Å². The van der Waals surface area contributed by atoms with Crippen LogP contribution in [0.3, 0.4) is 0 Å². The van der Waals surface area contributed by atoms with Crippen molar-refractivity contribution in [2.24, 2.45) is 23.7 Å². The van der Waals surface area contributed by atoms with Crippen molar-refractivity contribution < 1.29 is 34.4 Å². The molecule has 5 unspecified atom stereocenters. The van der Waals surface area contributed by atoms with Gasteiger partial charge in [0, 0.05) is 19.6 Å². The molecule has 186 valence electrons. The van der Waals surface area contributed by atoms with E-state index in [1.165, 1.54) is 24.0 Å². The van der Waals surface area contributed by atoms with Crippen LogP contribution in [0.25, 0.3) is 0 Å². The van der Waals surface area contributed by atoms with Gasteiger partial charge in [-0.3, -0.25) is 5.32 Å². The monoisotopic (exact) mass is 465 g/mol. The molecule has 1 aromatic rings. The minimum atomic E-state index is -0.940. The molecule has 1 aliphatic heterocycles. The van der Waals surface area contributed by atoms with Crippen LogP contribution >= 0.6 is 0 Å². The predicted molar refractivity (Wildman–Crippen MR) is 124 cm³/mol. The van der Waals surface area contributed by atoms with E-state index in [0.717, 1.165) is 57.9 Å². The van der Waals surface area contributed by atoms with Gasteiger partial charge < -0.3 is 29.6 Å². The topological polar surface area (TPSA) is 125 Å². The molecule has 2 aliphatic carbocycles. The number of carboxylic acids is 1. The maximum atomic E-state index is 10.8. The fourth-order valence-electron chi connectivity index (χ4n) is 5.19. The Bertz CT molecular complexity index is 735. The number of aldehydes is 1. The number of aliphatic hydroxyl groups is 2. The summed E-state index contributed by atoms with van der Waals surface area (Å²) in [6.07, 6.45) is 7.83. The second-order valence-corrected chi connectivity index (χ2v) is 8.89. The highest BCUT2D eigenvalue weighted by molar-refractivity contribution is 5.68. The maximum absolute atomic E-state index is 10.8. The first kappa shape index (κ1) is 27.2. The lowest BCUT2D eigenvalue weighted by Gasteiger charge is -2.32. The minimum Gasteiger partial charge on any atom is -0.482 e. The molecule has 3 aliphatic rings.